The topological polar surface area (TPSA) is 18.5 Å². The fraction of sp³-hybridized carbons (Fsp3) is 0.806. The van der Waals surface area contributed by atoms with E-state index in [4.69, 9.17) is 0 Å². The van der Waals surface area contributed by atoms with Gasteiger partial charge in [0.1, 0.15) is 0 Å². The lowest BCUT2D eigenvalue weighted by Gasteiger charge is -2.46. The second kappa shape index (κ2) is 49.7. The summed E-state index contributed by atoms with van der Waals surface area (Å²) in [5, 5.41) is 3.44. The maximum absolute atomic E-state index is 4.55. The van der Waals surface area contributed by atoms with E-state index in [2.05, 4.69) is 143 Å². The van der Waals surface area contributed by atoms with Crippen molar-refractivity contribution in [2.75, 3.05) is 51.8 Å². The van der Waals surface area contributed by atoms with E-state index >= 15 is 0 Å². The van der Waals surface area contributed by atoms with E-state index in [9.17, 15) is 0 Å². The summed E-state index contributed by atoms with van der Waals surface area (Å²) in [6, 6.07) is 0. The molecule has 1 N–H and O–H groups in total. The highest BCUT2D eigenvalue weighted by Crippen LogP contribution is 2.45. The van der Waals surface area contributed by atoms with E-state index in [0.29, 0.717) is 0 Å². The lowest BCUT2D eigenvalue weighted by Crippen LogP contribution is -2.43. The number of allylic oxidation sites excluding steroid dienone is 6. The van der Waals surface area contributed by atoms with Crippen LogP contribution in [0.15, 0.2) is 74.2 Å². The number of hydrogen-bond acceptors (Lipinski definition) is 5. The van der Waals surface area contributed by atoms with Gasteiger partial charge in [-0.15, -0.1) is 13.2 Å². The molecule has 0 aliphatic rings. The molecular weight excluding hydrogens is 851 g/mol. The number of unbranched alkanes of at least 4 members (excludes halogenated alkanes) is 14. The monoisotopic (exact) mass is 972 g/mol. The highest BCUT2D eigenvalue weighted by Gasteiger charge is 2.38. The number of hydrogen-bond donors (Lipinski definition) is 1. The highest BCUT2D eigenvalue weighted by molar-refractivity contribution is 8.76. The third kappa shape index (κ3) is 45.6. The number of nitrogens with one attached hydrogen (secondary N) is 1. The van der Waals surface area contributed by atoms with Crippen molar-refractivity contribution < 1.29 is 0 Å². The van der Waals surface area contributed by atoms with Gasteiger partial charge in [-0.05, 0) is 108 Å². The lowest BCUT2D eigenvalue weighted by molar-refractivity contribution is 0.0672. The molecule has 0 atom stereocenters. The minimum absolute atomic E-state index is 0.166. The molecule has 0 heterocycles. The van der Waals surface area contributed by atoms with Crippen LogP contribution in [0.3, 0.4) is 0 Å². The molecule has 0 amide bonds. The molecule has 67 heavy (non-hydrogen) atoms. The Balaban J connectivity index is -0.00000138. The Morgan fingerprint density at radius 1 is 0.537 bits per heavy atom. The zero-order valence-electron chi connectivity index (χ0n) is 47.6. The van der Waals surface area contributed by atoms with Gasteiger partial charge in [0.25, 0.3) is 0 Å². The lowest BCUT2D eigenvalue weighted by atomic mass is 9.64. The largest absolute Gasteiger partial charge is 0.388 e. The first kappa shape index (κ1) is 70.0. The smallest absolute Gasteiger partial charge is 0.0271 e. The van der Waals surface area contributed by atoms with Crippen LogP contribution < -0.4 is 5.32 Å². The first-order valence-electron chi connectivity index (χ1n) is 28.3. The molecule has 0 aromatic heterocycles. The summed E-state index contributed by atoms with van der Waals surface area (Å²) in [7, 11) is 8.23. The Hall–Kier alpha value is -1.30. The minimum atomic E-state index is 0.166. The first-order valence-corrected chi connectivity index (χ1v) is 30.8. The summed E-state index contributed by atoms with van der Waals surface area (Å²) in [5.41, 5.74) is 5.73. The summed E-state index contributed by atoms with van der Waals surface area (Å²) in [6.45, 7) is 48.9. The van der Waals surface area contributed by atoms with Crippen LogP contribution in [0.2, 0.25) is 0 Å². The fourth-order valence-corrected chi connectivity index (χ4v) is 10.8. The standard InChI is InChI=1S/C37H71N3S2.C23H46.C2H4/c1-12-14-15-16-17-18-19-20-23-33(3)31-36(6,7)37(8,9)32-40(27-13-2)35(5)25-22-30-42-41-29-21-24-34(4)38-26-28-39(10)11;1-5-8-10-12-14-16-19-23(21-22(4)18-7-3)20-17-15-13-11-9-6-2;1-2/h18-19,38H,3-5,12-17,20-32H2,1-2,6-11H3;23H,4-21H2,1-3H3;1-2H2/b19-18-;;. The van der Waals surface area contributed by atoms with Crippen LogP contribution in [0.1, 0.15) is 255 Å². The quantitative estimate of drug-likeness (QED) is 0.0371. The molecule has 0 fully saturated rings. The number of rotatable bonds is 47. The molecule has 0 spiro atoms. The zero-order valence-corrected chi connectivity index (χ0v) is 49.3. The maximum atomic E-state index is 4.55. The maximum Gasteiger partial charge on any atom is 0.0271 e. The molecular formula is C62H121N3S2. The van der Waals surface area contributed by atoms with Crippen LogP contribution >= 0.6 is 21.6 Å². The molecule has 0 rings (SSSR count). The summed E-state index contributed by atoms with van der Waals surface area (Å²) in [4.78, 5) is 4.78. The van der Waals surface area contributed by atoms with Crippen molar-refractivity contribution in [2.24, 2.45) is 16.7 Å². The van der Waals surface area contributed by atoms with Crippen molar-refractivity contribution in [3.63, 3.8) is 0 Å². The van der Waals surface area contributed by atoms with Crippen LogP contribution in [-0.4, -0.2) is 61.6 Å². The molecule has 0 aromatic carbocycles. The van der Waals surface area contributed by atoms with Crippen LogP contribution in [0, 0.1) is 16.7 Å². The Kier molecular flexibility index (Phi) is 51.9. The van der Waals surface area contributed by atoms with E-state index in [1.807, 2.05) is 21.6 Å². The molecule has 0 aliphatic heterocycles. The Bertz CT molecular complexity index is 1150. The van der Waals surface area contributed by atoms with Gasteiger partial charge in [-0.25, -0.2) is 0 Å². The normalized spacial score (nSPS) is 11.7. The van der Waals surface area contributed by atoms with Crippen LogP contribution in [0.25, 0.3) is 0 Å². The average molecular weight is 973 g/mol. The molecule has 0 aliphatic carbocycles. The van der Waals surface area contributed by atoms with Gasteiger partial charge in [0.2, 0.25) is 0 Å². The molecule has 3 nitrogen and oxygen atoms in total. The van der Waals surface area contributed by atoms with Gasteiger partial charge in [-0.2, -0.15) is 0 Å². The summed E-state index contributed by atoms with van der Waals surface area (Å²) in [6.07, 6.45) is 44.3. The van der Waals surface area contributed by atoms with Gasteiger partial charge in [0.05, 0.1) is 0 Å². The first-order chi connectivity index (χ1) is 32.1. The Morgan fingerprint density at radius 3 is 1.57 bits per heavy atom. The predicted octanol–water partition coefficient (Wildman–Crippen LogP) is 20.8. The number of likely N-dealkylation sites (N-methyl/N-ethyl adjacent to an activating group) is 1. The number of nitrogens with zero attached hydrogens (tertiary/aromatic N) is 2. The van der Waals surface area contributed by atoms with Crippen molar-refractivity contribution in [1.29, 1.82) is 0 Å². The minimum Gasteiger partial charge on any atom is -0.388 e. The van der Waals surface area contributed by atoms with Crippen LogP contribution in [-0.2, 0) is 0 Å². The second-order valence-corrected chi connectivity index (χ2v) is 24.1. The predicted molar refractivity (Wildman–Crippen MR) is 318 cm³/mol. The van der Waals surface area contributed by atoms with Crippen molar-refractivity contribution in [2.45, 2.75) is 255 Å². The molecule has 0 aromatic rings. The van der Waals surface area contributed by atoms with Crippen LogP contribution in [0.4, 0.5) is 0 Å². The van der Waals surface area contributed by atoms with Gasteiger partial charge in [-0.3, -0.25) is 0 Å². The molecule has 396 valence electrons. The molecule has 0 saturated heterocycles. The molecule has 0 saturated carbocycles. The fourth-order valence-electron chi connectivity index (χ4n) is 8.61. The average Bonchev–Trinajstić information content (AvgIpc) is 3.28. The summed E-state index contributed by atoms with van der Waals surface area (Å²) in [5.74, 6) is 3.30. The third-order valence-corrected chi connectivity index (χ3v) is 16.2. The second-order valence-electron chi connectivity index (χ2n) is 21.4. The highest BCUT2D eigenvalue weighted by atomic mass is 33.1. The van der Waals surface area contributed by atoms with E-state index in [0.717, 1.165) is 70.6 Å². The van der Waals surface area contributed by atoms with Gasteiger partial charge < -0.3 is 15.1 Å². The summed E-state index contributed by atoms with van der Waals surface area (Å²) >= 11 is 0. The van der Waals surface area contributed by atoms with Gasteiger partial charge in [0.15, 0.2) is 0 Å². The van der Waals surface area contributed by atoms with Gasteiger partial charge in [0, 0.05) is 49.1 Å². The van der Waals surface area contributed by atoms with Crippen molar-refractivity contribution >= 4 is 21.6 Å². The van der Waals surface area contributed by atoms with E-state index in [1.54, 1.807) is 0 Å². The molecule has 5 heteroatoms. The van der Waals surface area contributed by atoms with E-state index in [1.165, 1.54) is 188 Å². The van der Waals surface area contributed by atoms with Crippen molar-refractivity contribution in [1.82, 2.24) is 15.1 Å². The molecule has 0 bridgehead atoms. The zero-order chi connectivity index (χ0) is 51.0. The summed E-state index contributed by atoms with van der Waals surface area (Å²) < 4.78 is 0. The molecule has 0 unspecified atom stereocenters. The van der Waals surface area contributed by atoms with E-state index < -0.39 is 0 Å². The Labute approximate surface area is 432 Å². The molecule has 0 radical (unpaired) electrons. The SMILES string of the molecule is C=C.C=C(CC/C=C\CCCCCC)CC(C)(C)C(C)(C)CN(CCC)C(=C)CCCSSCCCC(=C)NCCN(C)C.C=C(CCC)CC(CCCCCCCC)CCCCCCCC. The van der Waals surface area contributed by atoms with Crippen molar-refractivity contribution in [3.8, 4) is 0 Å². The van der Waals surface area contributed by atoms with Crippen LogP contribution in [0.5, 0.6) is 0 Å². The Morgan fingerprint density at radius 2 is 1.04 bits per heavy atom. The van der Waals surface area contributed by atoms with Gasteiger partial charge in [-0.1, -0.05) is 249 Å². The van der Waals surface area contributed by atoms with Gasteiger partial charge >= 0.3 is 0 Å². The van der Waals surface area contributed by atoms with E-state index in [-0.39, 0.29) is 10.8 Å². The van der Waals surface area contributed by atoms with Crippen molar-refractivity contribution in [3.05, 3.63) is 74.2 Å². The third-order valence-electron chi connectivity index (χ3n) is 13.6.